The molecule has 0 saturated carbocycles. The zero-order chi connectivity index (χ0) is 23.9. The maximum absolute atomic E-state index is 15.2. The van der Waals surface area contributed by atoms with Crippen LogP contribution in [0.5, 0.6) is 5.75 Å². The summed E-state index contributed by atoms with van der Waals surface area (Å²) in [5.41, 5.74) is 4.46. The molecule has 1 atom stereocenters. The fraction of sp³-hybridized carbons (Fsp3) is 0.400. The maximum atomic E-state index is 15.2. The van der Waals surface area contributed by atoms with Crippen molar-refractivity contribution in [2.45, 2.75) is 13.0 Å². The Bertz CT molecular complexity index is 1370. The maximum Gasteiger partial charge on any atom is 0.166 e. The van der Waals surface area contributed by atoms with E-state index in [4.69, 9.17) is 9.47 Å². The van der Waals surface area contributed by atoms with Crippen LogP contribution >= 0.6 is 11.3 Å². The van der Waals surface area contributed by atoms with E-state index in [1.165, 1.54) is 17.7 Å². The van der Waals surface area contributed by atoms with Gasteiger partial charge in [-0.05, 0) is 32.2 Å². The summed E-state index contributed by atoms with van der Waals surface area (Å²) < 4.78 is 27.6. The number of fused-ring (bicyclic) bond motifs is 2. The molecule has 0 spiro atoms. The van der Waals surface area contributed by atoms with Gasteiger partial charge >= 0.3 is 0 Å². The fourth-order valence-corrected chi connectivity index (χ4v) is 5.24. The largest absolute Gasteiger partial charge is 0.489 e. The Balaban J connectivity index is 1.42. The van der Waals surface area contributed by atoms with E-state index >= 15 is 4.39 Å². The van der Waals surface area contributed by atoms with Crippen LogP contribution in [-0.4, -0.2) is 72.4 Å². The van der Waals surface area contributed by atoms with Crippen molar-refractivity contribution in [2.24, 2.45) is 5.92 Å². The van der Waals surface area contributed by atoms with E-state index < -0.39 is 0 Å². The molecular weight excluding hydrogens is 467 g/mol. The molecule has 10 heteroatoms. The topological polar surface area (TPSA) is 75.6 Å². The van der Waals surface area contributed by atoms with Gasteiger partial charge in [-0.25, -0.2) is 19.3 Å². The quantitative estimate of drug-likeness (QED) is 0.426. The number of hydrogen-bond donors (Lipinski definition) is 1. The molecule has 0 amide bonds. The summed E-state index contributed by atoms with van der Waals surface area (Å²) >= 11 is 1.28. The standard InChI is InChI=1S/C25H27FN6O2S/c1-15(16-11-33-12-16)34-21-10-17(32-7-5-31(2)6-8-32)9-20-22(21)25(28-13-27-20)30-18-3-4-19-24(23(18)26)35-14-29-19/h3-4,9-10,13-16H,5-8,11-12H2,1-2H3,(H,27,28,30)/t15-/m0/s1. The van der Waals surface area contributed by atoms with Crippen LogP contribution in [0.4, 0.5) is 21.6 Å². The Morgan fingerprint density at radius 1 is 1.11 bits per heavy atom. The van der Waals surface area contributed by atoms with E-state index in [2.05, 4.69) is 56.2 Å². The Morgan fingerprint density at radius 3 is 2.71 bits per heavy atom. The number of hydrogen-bond acceptors (Lipinski definition) is 9. The predicted molar refractivity (Wildman–Crippen MR) is 137 cm³/mol. The molecule has 2 fully saturated rings. The van der Waals surface area contributed by atoms with Crippen molar-refractivity contribution >= 4 is 49.6 Å². The highest BCUT2D eigenvalue weighted by Gasteiger charge is 2.28. The highest BCUT2D eigenvalue weighted by Crippen LogP contribution is 2.38. The van der Waals surface area contributed by atoms with Crippen molar-refractivity contribution in [2.75, 3.05) is 56.7 Å². The first-order valence-electron chi connectivity index (χ1n) is 11.8. The van der Waals surface area contributed by atoms with Crippen molar-refractivity contribution in [3.05, 3.63) is 41.9 Å². The first-order valence-corrected chi connectivity index (χ1v) is 12.7. The van der Waals surface area contributed by atoms with Gasteiger partial charge < -0.3 is 24.6 Å². The number of thiazole rings is 1. The van der Waals surface area contributed by atoms with Gasteiger partial charge in [0, 0.05) is 43.9 Å². The number of aromatic nitrogens is 3. The minimum atomic E-state index is -0.340. The molecule has 35 heavy (non-hydrogen) atoms. The zero-order valence-electron chi connectivity index (χ0n) is 19.7. The minimum Gasteiger partial charge on any atom is -0.489 e. The normalized spacial score (nSPS) is 18.1. The lowest BCUT2D eigenvalue weighted by molar-refractivity contribution is -0.0773. The Kier molecular flexibility index (Phi) is 5.87. The summed E-state index contributed by atoms with van der Waals surface area (Å²) in [5.74, 6) is 1.20. The highest BCUT2D eigenvalue weighted by atomic mass is 32.1. The first kappa shape index (κ1) is 22.4. The molecule has 4 heterocycles. The number of nitrogens with one attached hydrogen (secondary N) is 1. The van der Waals surface area contributed by atoms with Gasteiger partial charge in [-0.2, -0.15) is 0 Å². The van der Waals surface area contributed by atoms with Gasteiger partial charge in [-0.15, -0.1) is 11.3 Å². The van der Waals surface area contributed by atoms with Crippen molar-refractivity contribution < 1.29 is 13.9 Å². The third-order valence-electron chi connectivity index (χ3n) is 6.89. The van der Waals surface area contributed by atoms with Crippen LogP contribution in [-0.2, 0) is 4.74 Å². The summed E-state index contributed by atoms with van der Waals surface area (Å²) in [6, 6.07) is 7.64. The average molecular weight is 495 g/mol. The van der Waals surface area contributed by atoms with Gasteiger partial charge in [0.2, 0.25) is 0 Å². The summed E-state index contributed by atoms with van der Waals surface area (Å²) in [7, 11) is 2.14. The van der Waals surface area contributed by atoms with Gasteiger partial charge in [-0.3, -0.25) is 0 Å². The van der Waals surface area contributed by atoms with Crippen molar-refractivity contribution in [3.8, 4) is 5.75 Å². The highest BCUT2D eigenvalue weighted by molar-refractivity contribution is 7.16. The fourth-order valence-electron chi connectivity index (χ4n) is 4.52. The number of benzene rings is 2. The average Bonchev–Trinajstić information content (AvgIpc) is 3.30. The molecule has 0 unspecified atom stereocenters. The SMILES string of the molecule is C[C@H](Oc1cc(N2CCN(C)CC2)cc2ncnc(Nc3ccc4ncsc4c3F)c12)C1COC1. The lowest BCUT2D eigenvalue weighted by atomic mass is 10.0. The predicted octanol–water partition coefficient (Wildman–Crippen LogP) is 4.29. The molecule has 6 rings (SSSR count). The van der Waals surface area contributed by atoms with Crippen LogP contribution in [0, 0.1) is 11.7 Å². The van der Waals surface area contributed by atoms with E-state index in [0.29, 0.717) is 46.6 Å². The molecule has 2 saturated heterocycles. The van der Waals surface area contributed by atoms with Crippen LogP contribution in [0.15, 0.2) is 36.1 Å². The molecule has 2 aliphatic heterocycles. The monoisotopic (exact) mass is 494 g/mol. The first-order chi connectivity index (χ1) is 17.1. The van der Waals surface area contributed by atoms with Crippen molar-refractivity contribution in [1.29, 1.82) is 0 Å². The molecule has 0 bridgehead atoms. The van der Waals surface area contributed by atoms with E-state index in [1.54, 1.807) is 11.6 Å². The summed E-state index contributed by atoms with van der Waals surface area (Å²) in [4.78, 5) is 17.9. The second-order valence-electron chi connectivity index (χ2n) is 9.22. The smallest absolute Gasteiger partial charge is 0.166 e. The third-order valence-corrected chi connectivity index (χ3v) is 7.72. The Morgan fingerprint density at radius 2 is 1.94 bits per heavy atom. The lowest BCUT2D eigenvalue weighted by Crippen LogP contribution is -2.44. The van der Waals surface area contributed by atoms with E-state index in [9.17, 15) is 0 Å². The van der Waals surface area contributed by atoms with E-state index in [1.807, 2.05) is 6.07 Å². The molecule has 2 aromatic carbocycles. The van der Waals surface area contributed by atoms with Crippen LogP contribution in [0.1, 0.15) is 6.92 Å². The molecule has 182 valence electrons. The minimum absolute atomic E-state index is 0.0342. The molecule has 2 aromatic heterocycles. The van der Waals surface area contributed by atoms with E-state index in [-0.39, 0.29) is 11.9 Å². The zero-order valence-corrected chi connectivity index (χ0v) is 20.5. The van der Waals surface area contributed by atoms with Crippen LogP contribution < -0.4 is 15.0 Å². The van der Waals surface area contributed by atoms with Crippen LogP contribution in [0.25, 0.3) is 21.1 Å². The van der Waals surface area contributed by atoms with E-state index in [0.717, 1.165) is 42.8 Å². The number of halogens is 1. The number of anilines is 3. The van der Waals surface area contributed by atoms with Gasteiger partial charge in [-0.1, -0.05) is 0 Å². The van der Waals surface area contributed by atoms with Crippen molar-refractivity contribution in [1.82, 2.24) is 19.9 Å². The molecule has 4 aromatic rings. The van der Waals surface area contributed by atoms with Crippen LogP contribution in [0.2, 0.25) is 0 Å². The second kappa shape index (κ2) is 9.18. The molecule has 0 radical (unpaired) electrons. The van der Waals surface area contributed by atoms with Gasteiger partial charge in [0.1, 0.15) is 24.0 Å². The Hall–Kier alpha value is -3.08. The molecular formula is C25H27FN6O2S. The molecule has 2 aliphatic rings. The molecule has 1 N–H and O–H groups in total. The lowest BCUT2D eigenvalue weighted by Gasteiger charge is -2.35. The Labute approximate surface area is 206 Å². The van der Waals surface area contributed by atoms with Crippen molar-refractivity contribution in [3.63, 3.8) is 0 Å². The summed E-state index contributed by atoms with van der Waals surface area (Å²) in [5, 5.41) is 3.94. The summed E-state index contributed by atoms with van der Waals surface area (Å²) in [6.45, 7) is 7.32. The second-order valence-corrected chi connectivity index (χ2v) is 10.1. The van der Waals surface area contributed by atoms with Gasteiger partial charge in [0.05, 0.1) is 45.5 Å². The molecule has 0 aliphatic carbocycles. The third kappa shape index (κ3) is 4.26. The number of likely N-dealkylation sites (N-methyl/N-ethyl adjacent to an activating group) is 1. The van der Waals surface area contributed by atoms with Crippen LogP contribution in [0.3, 0.4) is 0 Å². The number of rotatable bonds is 6. The van der Waals surface area contributed by atoms with Gasteiger partial charge in [0.15, 0.2) is 5.82 Å². The summed E-state index contributed by atoms with van der Waals surface area (Å²) in [6.07, 6.45) is 1.47. The number of nitrogens with zero attached hydrogens (tertiary/aromatic N) is 5. The number of ether oxygens (including phenoxy) is 2. The van der Waals surface area contributed by atoms with Gasteiger partial charge in [0.25, 0.3) is 0 Å². The number of piperazine rings is 1. The molecule has 8 nitrogen and oxygen atoms in total.